The molecular weight excluding hydrogens is 443 g/mol. The number of nitrogens with one attached hydrogen (secondary N) is 1. The Kier molecular flexibility index (Phi) is 12.2. The van der Waals surface area contributed by atoms with Crippen molar-refractivity contribution in [3.8, 4) is 0 Å². The van der Waals surface area contributed by atoms with Crippen LogP contribution in [-0.2, 0) is 14.8 Å². The van der Waals surface area contributed by atoms with Gasteiger partial charge in [0, 0.05) is 52.3 Å². The number of aliphatic imine (C=N–C) groups is 1. The average Bonchev–Trinajstić information content (AvgIpc) is 2.97. The molecule has 0 aromatic rings. The first-order valence-electron chi connectivity index (χ1n) is 8.40. The number of halogens is 1. The first kappa shape index (κ1) is 23.9. The molecule has 1 rings (SSSR count). The van der Waals surface area contributed by atoms with Crippen LogP contribution in [0.25, 0.3) is 0 Å². The van der Waals surface area contributed by atoms with E-state index < -0.39 is 10.0 Å². The van der Waals surface area contributed by atoms with Crippen LogP contribution in [0.1, 0.15) is 26.7 Å². The number of hydrogen-bond donors (Lipinski definition) is 1. The summed E-state index contributed by atoms with van der Waals surface area (Å²) < 4.78 is 30.0. The fourth-order valence-electron chi connectivity index (χ4n) is 2.66. The molecule has 144 valence electrons. The van der Waals surface area contributed by atoms with Gasteiger partial charge >= 0.3 is 0 Å². The van der Waals surface area contributed by atoms with E-state index in [1.807, 2.05) is 20.9 Å². The zero-order chi connectivity index (χ0) is 17.3. The lowest BCUT2D eigenvalue weighted by Crippen LogP contribution is -2.41. The molecule has 1 heterocycles. The second-order valence-corrected chi connectivity index (χ2v) is 7.94. The Morgan fingerprint density at radius 2 is 2.08 bits per heavy atom. The molecule has 1 saturated heterocycles. The maximum atomic E-state index is 11.6. The second kappa shape index (κ2) is 12.3. The van der Waals surface area contributed by atoms with E-state index in [9.17, 15) is 8.42 Å². The Morgan fingerprint density at radius 1 is 1.38 bits per heavy atom. The van der Waals surface area contributed by atoms with Crippen LogP contribution < -0.4 is 5.32 Å². The monoisotopic (exact) mass is 476 g/mol. The van der Waals surface area contributed by atoms with Gasteiger partial charge in [-0.15, -0.1) is 24.0 Å². The molecule has 0 amide bonds. The van der Waals surface area contributed by atoms with Crippen molar-refractivity contribution < 1.29 is 13.2 Å². The summed E-state index contributed by atoms with van der Waals surface area (Å²) in [6.45, 7) is 8.94. The summed E-state index contributed by atoms with van der Waals surface area (Å²) in [6, 6.07) is 0. The van der Waals surface area contributed by atoms with Gasteiger partial charge in [-0.05, 0) is 19.8 Å². The Bertz CT molecular complexity index is 467. The van der Waals surface area contributed by atoms with E-state index in [-0.39, 0.29) is 24.0 Å². The van der Waals surface area contributed by atoms with Crippen LogP contribution in [0.5, 0.6) is 0 Å². The molecule has 1 aliphatic rings. The SMILES string of the molecule is CCNC(=NCCCN(CC)S(C)(=O)=O)N(C)CC1CCOC1.I. The Hall–Kier alpha value is -0.130. The molecule has 0 radical (unpaired) electrons. The van der Waals surface area contributed by atoms with Crippen LogP contribution in [0, 0.1) is 5.92 Å². The molecule has 9 heteroatoms. The van der Waals surface area contributed by atoms with E-state index in [1.165, 1.54) is 10.6 Å². The minimum absolute atomic E-state index is 0. The zero-order valence-electron chi connectivity index (χ0n) is 15.3. The van der Waals surface area contributed by atoms with Crippen molar-refractivity contribution in [3.63, 3.8) is 0 Å². The third-order valence-electron chi connectivity index (χ3n) is 3.90. The number of sulfonamides is 1. The van der Waals surface area contributed by atoms with Crippen LogP contribution in [0.4, 0.5) is 0 Å². The van der Waals surface area contributed by atoms with Gasteiger partial charge < -0.3 is 15.0 Å². The van der Waals surface area contributed by atoms with Gasteiger partial charge in [0.05, 0.1) is 12.9 Å². The molecule has 7 nitrogen and oxygen atoms in total. The van der Waals surface area contributed by atoms with Crippen LogP contribution in [0.3, 0.4) is 0 Å². The summed E-state index contributed by atoms with van der Waals surface area (Å²) in [6.07, 6.45) is 3.07. The summed E-state index contributed by atoms with van der Waals surface area (Å²) in [5.41, 5.74) is 0. The minimum atomic E-state index is -3.11. The maximum absolute atomic E-state index is 11.6. The number of ether oxygens (including phenoxy) is 1. The van der Waals surface area contributed by atoms with Gasteiger partial charge in [-0.2, -0.15) is 0 Å². The van der Waals surface area contributed by atoms with E-state index in [0.717, 1.165) is 45.1 Å². The molecular formula is C15H33IN4O3S. The van der Waals surface area contributed by atoms with Crippen molar-refractivity contribution in [2.75, 3.05) is 59.2 Å². The largest absolute Gasteiger partial charge is 0.381 e. The lowest BCUT2D eigenvalue weighted by Gasteiger charge is -2.24. The van der Waals surface area contributed by atoms with Crippen molar-refractivity contribution in [1.82, 2.24) is 14.5 Å². The third kappa shape index (κ3) is 8.82. The van der Waals surface area contributed by atoms with Gasteiger partial charge in [-0.1, -0.05) is 6.92 Å². The zero-order valence-corrected chi connectivity index (χ0v) is 18.5. The molecule has 0 aromatic carbocycles. The summed E-state index contributed by atoms with van der Waals surface area (Å²) in [5, 5.41) is 3.29. The Labute approximate surface area is 164 Å². The molecule has 0 spiro atoms. The molecule has 24 heavy (non-hydrogen) atoms. The second-order valence-electron chi connectivity index (χ2n) is 5.95. The maximum Gasteiger partial charge on any atom is 0.211 e. The Morgan fingerprint density at radius 3 is 2.58 bits per heavy atom. The standard InChI is InChI=1S/C15H32N4O3S.HI/c1-5-16-15(18(3)12-14-8-11-22-13-14)17-9-7-10-19(6-2)23(4,20)21;/h14H,5-13H2,1-4H3,(H,16,17);1H. The first-order chi connectivity index (χ1) is 10.9. The molecule has 1 fully saturated rings. The highest BCUT2D eigenvalue weighted by Crippen LogP contribution is 2.13. The highest BCUT2D eigenvalue weighted by Gasteiger charge is 2.19. The van der Waals surface area contributed by atoms with Gasteiger partial charge in [0.25, 0.3) is 0 Å². The van der Waals surface area contributed by atoms with Gasteiger partial charge in [-0.3, -0.25) is 4.99 Å². The predicted molar refractivity (Wildman–Crippen MR) is 110 cm³/mol. The van der Waals surface area contributed by atoms with Gasteiger partial charge in [0.2, 0.25) is 10.0 Å². The average molecular weight is 476 g/mol. The Balaban J connectivity index is 0.00000529. The summed E-state index contributed by atoms with van der Waals surface area (Å²) in [4.78, 5) is 6.75. The van der Waals surface area contributed by atoms with Crippen LogP contribution in [-0.4, -0.2) is 82.8 Å². The molecule has 1 unspecified atom stereocenters. The van der Waals surface area contributed by atoms with Gasteiger partial charge in [0.15, 0.2) is 5.96 Å². The highest BCUT2D eigenvalue weighted by molar-refractivity contribution is 14.0. The minimum Gasteiger partial charge on any atom is -0.381 e. The van der Waals surface area contributed by atoms with E-state index in [0.29, 0.717) is 25.6 Å². The van der Waals surface area contributed by atoms with Crippen LogP contribution >= 0.6 is 24.0 Å². The normalized spacial score (nSPS) is 18.5. The summed E-state index contributed by atoms with van der Waals surface area (Å²) >= 11 is 0. The van der Waals surface area contributed by atoms with E-state index in [4.69, 9.17) is 4.74 Å². The van der Waals surface area contributed by atoms with E-state index >= 15 is 0 Å². The van der Waals surface area contributed by atoms with Gasteiger partial charge in [0.1, 0.15) is 0 Å². The van der Waals surface area contributed by atoms with E-state index in [2.05, 4.69) is 15.2 Å². The molecule has 0 aromatic heterocycles. The van der Waals surface area contributed by atoms with Crippen molar-refractivity contribution in [2.24, 2.45) is 10.9 Å². The molecule has 1 atom stereocenters. The van der Waals surface area contributed by atoms with Crippen molar-refractivity contribution in [1.29, 1.82) is 0 Å². The third-order valence-corrected chi connectivity index (χ3v) is 5.28. The molecule has 0 bridgehead atoms. The van der Waals surface area contributed by atoms with Crippen molar-refractivity contribution >= 4 is 40.0 Å². The topological polar surface area (TPSA) is 74.2 Å². The van der Waals surface area contributed by atoms with Crippen molar-refractivity contribution in [3.05, 3.63) is 0 Å². The van der Waals surface area contributed by atoms with E-state index in [1.54, 1.807) is 0 Å². The van der Waals surface area contributed by atoms with Crippen LogP contribution in [0.2, 0.25) is 0 Å². The summed E-state index contributed by atoms with van der Waals surface area (Å²) in [5.74, 6) is 1.44. The predicted octanol–water partition coefficient (Wildman–Crippen LogP) is 1.21. The summed E-state index contributed by atoms with van der Waals surface area (Å²) in [7, 11) is -1.08. The number of nitrogens with zero attached hydrogens (tertiary/aromatic N) is 3. The molecule has 0 aliphatic carbocycles. The van der Waals surface area contributed by atoms with Crippen molar-refractivity contribution in [2.45, 2.75) is 26.7 Å². The first-order valence-corrected chi connectivity index (χ1v) is 10.3. The fourth-order valence-corrected chi connectivity index (χ4v) is 3.59. The highest BCUT2D eigenvalue weighted by atomic mass is 127. The van der Waals surface area contributed by atoms with Crippen LogP contribution in [0.15, 0.2) is 4.99 Å². The lowest BCUT2D eigenvalue weighted by atomic mass is 10.1. The molecule has 1 aliphatic heterocycles. The molecule has 0 saturated carbocycles. The number of guanidine groups is 1. The smallest absolute Gasteiger partial charge is 0.211 e. The number of rotatable bonds is 9. The molecule has 1 N–H and O–H groups in total. The van der Waals surface area contributed by atoms with Gasteiger partial charge in [-0.25, -0.2) is 12.7 Å². The quantitative estimate of drug-likeness (QED) is 0.235. The lowest BCUT2D eigenvalue weighted by molar-refractivity contribution is 0.181. The number of hydrogen-bond acceptors (Lipinski definition) is 4. The fraction of sp³-hybridized carbons (Fsp3) is 0.933.